The maximum Gasteiger partial charge on any atom is 0.341 e. The zero-order valence-electron chi connectivity index (χ0n) is 29.6. The van der Waals surface area contributed by atoms with Gasteiger partial charge in [0, 0.05) is 6.54 Å². The first kappa shape index (κ1) is 37.7. The van der Waals surface area contributed by atoms with Crippen molar-refractivity contribution < 1.29 is 52.6 Å². The summed E-state index contributed by atoms with van der Waals surface area (Å²) < 4.78 is 39.1. The van der Waals surface area contributed by atoms with Crippen LogP contribution < -0.4 is 28.4 Å². The fourth-order valence-corrected chi connectivity index (χ4v) is 6.29. The van der Waals surface area contributed by atoms with E-state index in [2.05, 4.69) is 0 Å². The van der Waals surface area contributed by atoms with Crippen LogP contribution in [0.15, 0.2) is 54.6 Å². The number of aryl methyl sites for hydroxylation is 1. The highest BCUT2D eigenvalue weighted by Crippen LogP contribution is 2.41. The number of piperidine rings is 1. The maximum atomic E-state index is 14.3. The number of carbonyl (C=O) groups excluding carboxylic acids is 2. The normalized spacial score (nSPS) is 15.3. The van der Waals surface area contributed by atoms with Crippen LogP contribution >= 0.6 is 0 Å². The molecule has 1 fully saturated rings. The van der Waals surface area contributed by atoms with E-state index < -0.39 is 36.6 Å². The van der Waals surface area contributed by atoms with Crippen molar-refractivity contribution in [3.05, 3.63) is 71.3 Å². The highest BCUT2D eigenvalue weighted by atomic mass is 16.5. The molecular weight excluding hydrogens is 646 g/mol. The number of carboxylic acids is 1. The quantitative estimate of drug-likeness (QED) is 0.167. The van der Waals surface area contributed by atoms with Crippen LogP contribution in [0, 0.1) is 0 Å². The average Bonchev–Trinajstić information content (AvgIpc) is 3.15. The van der Waals surface area contributed by atoms with Crippen LogP contribution in [0.5, 0.6) is 34.5 Å². The Morgan fingerprint density at radius 1 is 0.820 bits per heavy atom. The van der Waals surface area contributed by atoms with E-state index in [1.807, 2.05) is 31.2 Å². The van der Waals surface area contributed by atoms with E-state index in [0.717, 1.165) is 18.4 Å². The summed E-state index contributed by atoms with van der Waals surface area (Å²) in [6.07, 6.45) is 2.65. The number of aliphatic carboxylic acids is 1. The Morgan fingerprint density at radius 2 is 1.52 bits per heavy atom. The summed E-state index contributed by atoms with van der Waals surface area (Å²) in [5.74, 6) is 0.454. The van der Waals surface area contributed by atoms with E-state index in [0.29, 0.717) is 77.9 Å². The van der Waals surface area contributed by atoms with Gasteiger partial charge >= 0.3 is 11.9 Å². The second kappa shape index (κ2) is 18.0. The summed E-state index contributed by atoms with van der Waals surface area (Å²) in [5, 5.41) is 9.12. The van der Waals surface area contributed by atoms with Gasteiger partial charge in [-0.05, 0) is 91.6 Å². The molecule has 1 aliphatic heterocycles. The minimum Gasteiger partial charge on any atom is -0.493 e. The van der Waals surface area contributed by atoms with Crippen molar-refractivity contribution in [3.63, 3.8) is 0 Å². The first-order valence-corrected chi connectivity index (χ1v) is 16.6. The molecule has 270 valence electrons. The molecular formula is C38H47NO11. The molecule has 0 aromatic heterocycles. The zero-order chi connectivity index (χ0) is 36.2. The van der Waals surface area contributed by atoms with Crippen molar-refractivity contribution in [2.45, 2.75) is 63.5 Å². The average molecular weight is 694 g/mol. The second-order valence-electron chi connectivity index (χ2n) is 11.9. The van der Waals surface area contributed by atoms with Gasteiger partial charge in [0.15, 0.2) is 29.6 Å². The molecule has 3 aromatic carbocycles. The fraction of sp³-hybridized carbons (Fsp3) is 0.447. The number of methoxy groups -OCH3 is 5. The van der Waals surface area contributed by atoms with Gasteiger partial charge in [-0.15, -0.1) is 0 Å². The van der Waals surface area contributed by atoms with Crippen molar-refractivity contribution in [3.8, 4) is 34.5 Å². The molecule has 0 bridgehead atoms. The number of benzene rings is 3. The predicted molar refractivity (Wildman–Crippen MR) is 185 cm³/mol. The van der Waals surface area contributed by atoms with Gasteiger partial charge < -0.3 is 43.2 Å². The summed E-state index contributed by atoms with van der Waals surface area (Å²) in [7, 11) is 7.70. The monoisotopic (exact) mass is 693 g/mol. The van der Waals surface area contributed by atoms with Gasteiger partial charge in [-0.3, -0.25) is 4.79 Å². The topological polar surface area (TPSA) is 139 Å². The van der Waals surface area contributed by atoms with E-state index in [1.165, 1.54) is 21.3 Å². The van der Waals surface area contributed by atoms with Crippen LogP contribution in [0.2, 0.25) is 0 Å². The molecule has 0 radical (unpaired) electrons. The Labute approximate surface area is 293 Å². The third-order valence-corrected chi connectivity index (χ3v) is 8.85. The largest absolute Gasteiger partial charge is 0.493 e. The first-order chi connectivity index (χ1) is 24.2. The number of amides is 1. The Bertz CT molecular complexity index is 1600. The number of carbonyl (C=O) groups is 3. The lowest BCUT2D eigenvalue weighted by molar-refractivity contribution is -0.162. The van der Waals surface area contributed by atoms with Gasteiger partial charge in [-0.1, -0.05) is 25.1 Å². The molecule has 4 rings (SSSR count). The molecule has 1 heterocycles. The lowest BCUT2D eigenvalue weighted by Crippen LogP contribution is -2.50. The maximum absolute atomic E-state index is 14.3. The number of rotatable bonds is 17. The van der Waals surface area contributed by atoms with Crippen LogP contribution in [-0.2, 0) is 25.5 Å². The number of carboxylic acid groups (broad SMARTS) is 1. The standard InChI is InChI=1S/C38H47NO11/c1-7-28(26-21-33(46-4)36(48-6)34(22-26)47-5)37(42)39-18-9-8-13-29(39)38(43)50-30(25-11-10-12-27(20-25)49-23-35(40)41)16-14-24-15-17-31(44-2)32(19-24)45-3/h10-12,15,17,19-22,28-30H,7-9,13-14,16,18,23H2,1-6H3,(H,40,41)/t28-,29?,30+/m0/s1. The first-order valence-electron chi connectivity index (χ1n) is 16.6. The summed E-state index contributed by atoms with van der Waals surface area (Å²) in [4.78, 5) is 41.2. The van der Waals surface area contributed by atoms with Gasteiger partial charge in [0.1, 0.15) is 17.9 Å². The smallest absolute Gasteiger partial charge is 0.341 e. The summed E-state index contributed by atoms with van der Waals surface area (Å²) in [6.45, 7) is 1.82. The van der Waals surface area contributed by atoms with E-state index in [4.69, 9.17) is 38.3 Å². The van der Waals surface area contributed by atoms with Crippen molar-refractivity contribution in [1.29, 1.82) is 0 Å². The number of nitrogens with zero attached hydrogens (tertiary/aromatic N) is 1. The molecule has 1 amide bonds. The summed E-state index contributed by atoms with van der Waals surface area (Å²) in [6, 6.07) is 15.2. The van der Waals surface area contributed by atoms with Gasteiger partial charge in [0.05, 0.1) is 41.5 Å². The number of esters is 1. The second-order valence-corrected chi connectivity index (χ2v) is 11.9. The Hall–Kier alpha value is -5.13. The highest BCUT2D eigenvalue weighted by Gasteiger charge is 2.38. The number of ether oxygens (including phenoxy) is 7. The molecule has 1 aliphatic rings. The van der Waals surface area contributed by atoms with E-state index in [-0.39, 0.29) is 5.91 Å². The highest BCUT2D eigenvalue weighted by molar-refractivity contribution is 5.89. The van der Waals surface area contributed by atoms with Gasteiger partial charge in [-0.25, -0.2) is 9.59 Å². The van der Waals surface area contributed by atoms with Crippen molar-refractivity contribution in [2.75, 3.05) is 48.7 Å². The summed E-state index contributed by atoms with van der Waals surface area (Å²) in [5.41, 5.74) is 2.27. The molecule has 12 heteroatoms. The molecule has 1 unspecified atom stereocenters. The molecule has 0 saturated carbocycles. The van der Waals surface area contributed by atoms with Gasteiger partial charge in [-0.2, -0.15) is 0 Å². The Morgan fingerprint density at radius 3 is 2.14 bits per heavy atom. The minimum absolute atomic E-state index is 0.186. The molecule has 50 heavy (non-hydrogen) atoms. The van der Waals surface area contributed by atoms with Crippen LogP contribution in [0.25, 0.3) is 0 Å². The third kappa shape index (κ3) is 9.10. The van der Waals surface area contributed by atoms with Gasteiger partial charge in [0.25, 0.3) is 0 Å². The summed E-state index contributed by atoms with van der Waals surface area (Å²) >= 11 is 0. The third-order valence-electron chi connectivity index (χ3n) is 8.85. The molecule has 12 nitrogen and oxygen atoms in total. The van der Waals surface area contributed by atoms with Crippen molar-refractivity contribution in [1.82, 2.24) is 4.90 Å². The van der Waals surface area contributed by atoms with E-state index >= 15 is 0 Å². The van der Waals surface area contributed by atoms with E-state index in [9.17, 15) is 14.4 Å². The van der Waals surface area contributed by atoms with Crippen LogP contribution in [-0.4, -0.2) is 82.6 Å². The van der Waals surface area contributed by atoms with Crippen LogP contribution in [0.1, 0.15) is 67.7 Å². The van der Waals surface area contributed by atoms with E-state index in [1.54, 1.807) is 49.5 Å². The van der Waals surface area contributed by atoms with Gasteiger partial charge in [0.2, 0.25) is 11.7 Å². The lowest BCUT2D eigenvalue weighted by Gasteiger charge is -2.37. The van der Waals surface area contributed by atoms with Crippen molar-refractivity contribution in [2.24, 2.45) is 0 Å². The minimum atomic E-state index is -1.11. The molecule has 3 aromatic rings. The van der Waals surface area contributed by atoms with Crippen LogP contribution in [0.4, 0.5) is 0 Å². The molecule has 0 aliphatic carbocycles. The number of hydrogen-bond acceptors (Lipinski definition) is 10. The zero-order valence-corrected chi connectivity index (χ0v) is 29.6. The Balaban J connectivity index is 1.61. The van der Waals surface area contributed by atoms with Crippen LogP contribution in [0.3, 0.4) is 0 Å². The fourth-order valence-electron chi connectivity index (χ4n) is 6.29. The predicted octanol–water partition coefficient (Wildman–Crippen LogP) is 5.99. The molecule has 1 saturated heterocycles. The lowest BCUT2D eigenvalue weighted by atomic mass is 9.91. The SMILES string of the molecule is CC[C@H](C(=O)N1CCCCC1C(=O)O[C@H](CCc1ccc(OC)c(OC)c1)c1cccc(OCC(=O)O)c1)c1cc(OC)c(OC)c(OC)c1. The molecule has 0 spiro atoms. The number of hydrogen-bond donors (Lipinski definition) is 1. The Kier molecular flexibility index (Phi) is 13.6. The molecule has 1 N–H and O–H groups in total. The number of likely N-dealkylation sites (tertiary alicyclic amines) is 1. The molecule has 3 atom stereocenters. The van der Waals surface area contributed by atoms with Crippen molar-refractivity contribution >= 4 is 17.8 Å².